The Morgan fingerprint density at radius 1 is 1.39 bits per heavy atom. The molecule has 0 aliphatic rings. The molecular weight excluding hydrogens is 230 g/mol. The molecule has 1 heterocycles. The fourth-order valence-corrected chi connectivity index (χ4v) is 1.86. The summed E-state index contributed by atoms with van der Waals surface area (Å²) in [4.78, 5) is 0. The number of methoxy groups -OCH3 is 1. The van der Waals surface area contributed by atoms with Gasteiger partial charge in [-0.25, -0.2) is 0 Å². The van der Waals surface area contributed by atoms with Gasteiger partial charge < -0.3 is 4.74 Å². The lowest BCUT2D eigenvalue weighted by molar-refractivity contribution is 0.414. The molecule has 0 aliphatic carbocycles. The molecule has 0 bridgehead atoms. The van der Waals surface area contributed by atoms with Crippen LogP contribution in [0.25, 0.3) is 0 Å². The summed E-state index contributed by atoms with van der Waals surface area (Å²) in [6.45, 7) is 0. The Morgan fingerprint density at radius 2 is 2.11 bits per heavy atom. The van der Waals surface area contributed by atoms with Crippen molar-refractivity contribution in [3.8, 4) is 5.75 Å². The second-order valence-electron chi connectivity index (χ2n) is 4.05. The maximum Gasteiger partial charge on any atom is 0.118 e. The molecule has 0 saturated carbocycles. The standard InChI is InChI=1S/C12H17N5O/c1-17-12(8-14-16-17)11(15-13)7-9-3-5-10(18-2)6-4-9/h3-6,8,11,15H,7,13H2,1-2H3. The summed E-state index contributed by atoms with van der Waals surface area (Å²) in [7, 11) is 3.50. The number of hydrazine groups is 1. The molecule has 2 rings (SSSR count). The van der Waals surface area contributed by atoms with Crippen molar-refractivity contribution in [3.63, 3.8) is 0 Å². The second-order valence-corrected chi connectivity index (χ2v) is 4.05. The molecule has 1 aromatic heterocycles. The van der Waals surface area contributed by atoms with Gasteiger partial charge in [-0.2, -0.15) is 0 Å². The van der Waals surface area contributed by atoms with Gasteiger partial charge >= 0.3 is 0 Å². The van der Waals surface area contributed by atoms with Crippen LogP contribution in [0, 0.1) is 0 Å². The first kappa shape index (κ1) is 12.5. The predicted octanol–water partition coefficient (Wildman–Crippen LogP) is 0.571. The van der Waals surface area contributed by atoms with Gasteiger partial charge in [0.2, 0.25) is 0 Å². The molecule has 3 N–H and O–H groups in total. The number of nitrogens with zero attached hydrogens (tertiary/aromatic N) is 3. The van der Waals surface area contributed by atoms with Gasteiger partial charge in [0.05, 0.1) is 25.0 Å². The molecule has 0 fully saturated rings. The van der Waals surface area contributed by atoms with E-state index >= 15 is 0 Å². The van der Waals surface area contributed by atoms with Crippen LogP contribution in [0.1, 0.15) is 17.3 Å². The first-order chi connectivity index (χ1) is 8.74. The summed E-state index contributed by atoms with van der Waals surface area (Å²) >= 11 is 0. The smallest absolute Gasteiger partial charge is 0.118 e. The monoisotopic (exact) mass is 247 g/mol. The molecular formula is C12H17N5O. The van der Waals surface area contributed by atoms with E-state index < -0.39 is 0 Å². The third-order valence-electron chi connectivity index (χ3n) is 2.91. The van der Waals surface area contributed by atoms with Crippen molar-refractivity contribution in [2.45, 2.75) is 12.5 Å². The van der Waals surface area contributed by atoms with Crippen molar-refractivity contribution >= 4 is 0 Å². The molecule has 1 aromatic carbocycles. The van der Waals surface area contributed by atoms with Crippen molar-refractivity contribution in [2.75, 3.05) is 7.11 Å². The van der Waals surface area contributed by atoms with Crippen molar-refractivity contribution in [1.82, 2.24) is 20.4 Å². The molecule has 18 heavy (non-hydrogen) atoms. The van der Waals surface area contributed by atoms with Crippen molar-refractivity contribution < 1.29 is 4.74 Å². The maximum atomic E-state index is 5.59. The van der Waals surface area contributed by atoms with E-state index in [0.717, 1.165) is 17.9 Å². The third-order valence-corrected chi connectivity index (χ3v) is 2.91. The third kappa shape index (κ3) is 2.66. The lowest BCUT2D eigenvalue weighted by Crippen LogP contribution is -2.31. The van der Waals surface area contributed by atoms with E-state index in [1.807, 2.05) is 31.3 Å². The van der Waals surface area contributed by atoms with Gasteiger partial charge in [0, 0.05) is 7.05 Å². The molecule has 0 aliphatic heterocycles. The molecule has 1 unspecified atom stereocenters. The van der Waals surface area contributed by atoms with Gasteiger partial charge in [0.15, 0.2) is 0 Å². The largest absolute Gasteiger partial charge is 0.497 e. The minimum Gasteiger partial charge on any atom is -0.497 e. The average Bonchev–Trinajstić information content (AvgIpc) is 2.83. The van der Waals surface area contributed by atoms with Crippen LogP contribution in [-0.2, 0) is 13.5 Å². The molecule has 2 aromatic rings. The number of nitrogens with two attached hydrogens (primary N) is 1. The van der Waals surface area contributed by atoms with Gasteiger partial charge in [-0.15, -0.1) is 5.10 Å². The minimum atomic E-state index is -0.0154. The topological polar surface area (TPSA) is 78.0 Å². The zero-order valence-corrected chi connectivity index (χ0v) is 10.5. The molecule has 96 valence electrons. The Morgan fingerprint density at radius 3 is 2.61 bits per heavy atom. The van der Waals surface area contributed by atoms with Crippen molar-refractivity contribution in [1.29, 1.82) is 0 Å². The summed E-state index contributed by atoms with van der Waals surface area (Å²) < 4.78 is 6.84. The molecule has 0 radical (unpaired) electrons. The molecule has 0 amide bonds. The average molecular weight is 247 g/mol. The van der Waals surface area contributed by atoms with Crippen molar-refractivity contribution in [3.05, 3.63) is 41.7 Å². The summed E-state index contributed by atoms with van der Waals surface area (Å²) in [6, 6.07) is 7.90. The van der Waals surface area contributed by atoms with Gasteiger partial charge in [-0.1, -0.05) is 17.3 Å². The van der Waals surface area contributed by atoms with Gasteiger partial charge in [-0.3, -0.25) is 16.0 Å². The highest BCUT2D eigenvalue weighted by Gasteiger charge is 2.14. The lowest BCUT2D eigenvalue weighted by atomic mass is 10.0. The quantitative estimate of drug-likeness (QED) is 0.596. The molecule has 0 spiro atoms. The van der Waals surface area contributed by atoms with E-state index in [-0.39, 0.29) is 6.04 Å². The number of hydrogen-bond donors (Lipinski definition) is 2. The van der Waals surface area contributed by atoms with Crippen LogP contribution in [0.5, 0.6) is 5.75 Å². The van der Waals surface area contributed by atoms with Crippen LogP contribution in [0.4, 0.5) is 0 Å². The zero-order chi connectivity index (χ0) is 13.0. The number of aryl methyl sites for hydroxylation is 1. The highest BCUT2D eigenvalue weighted by molar-refractivity contribution is 5.28. The van der Waals surface area contributed by atoms with Crippen molar-refractivity contribution in [2.24, 2.45) is 12.9 Å². The maximum absolute atomic E-state index is 5.59. The first-order valence-electron chi connectivity index (χ1n) is 5.68. The van der Waals surface area contributed by atoms with Gasteiger partial charge in [0.25, 0.3) is 0 Å². The SMILES string of the molecule is COc1ccc(CC(NN)c2cnnn2C)cc1. The van der Waals surface area contributed by atoms with E-state index in [2.05, 4.69) is 15.7 Å². The number of benzene rings is 1. The second kappa shape index (κ2) is 5.61. The predicted molar refractivity (Wildman–Crippen MR) is 67.8 cm³/mol. The van der Waals surface area contributed by atoms with Crippen LogP contribution < -0.4 is 16.0 Å². The summed E-state index contributed by atoms with van der Waals surface area (Å²) in [5.74, 6) is 6.44. The first-order valence-corrected chi connectivity index (χ1v) is 5.68. The molecule has 1 atom stereocenters. The lowest BCUT2D eigenvalue weighted by Gasteiger charge is -2.15. The van der Waals surface area contributed by atoms with Crippen LogP contribution in [-0.4, -0.2) is 22.1 Å². The Bertz CT molecular complexity index is 493. The highest BCUT2D eigenvalue weighted by Crippen LogP contribution is 2.18. The number of nitrogens with one attached hydrogen (secondary N) is 1. The summed E-state index contributed by atoms with van der Waals surface area (Å²) in [5.41, 5.74) is 4.91. The van der Waals surface area contributed by atoms with E-state index in [0.29, 0.717) is 0 Å². The normalized spacial score (nSPS) is 12.4. The zero-order valence-electron chi connectivity index (χ0n) is 10.5. The Kier molecular flexibility index (Phi) is 3.91. The number of ether oxygens (including phenoxy) is 1. The van der Waals surface area contributed by atoms with Crippen LogP contribution in [0.15, 0.2) is 30.5 Å². The van der Waals surface area contributed by atoms with Crippen LogP contribution >= 0.6 is 0 Å². The van der Waals surface area contributed by atoms with E-state index in [1.54, 1.807) is 18.0 Å². The number of hydrogen-bond acceptors (Lipinski definition) is 5. The van der Waals surface area contributed by atoms with Crippen LogP contribution in [0.3, 0.4) is 0 Å². The van der Waals surface area contributed by atoms with E-state index in [1.165, 1.54) is 5.56 Å². The number of rotatable bonds is 5. The summed E-state index contributed by atoms with van der Waals surface area (Å²) in [5, 5.41) is 7.76. The van der Waals surface area contributed by atoms with Gasteiger partial charge in [-0.05, 0) is 24.1 Å². The van der Waals surface area contributed by atoms with Crippen LogP contribution in [0.2, 0.25) is 0 Å². The van der Waals surface area contributed by atoms with E-state index in [9.17, 15) is 0 Å². The fourth-order valence-electron chi connectivity index (χ4n) is 1.86. The number of aromatic nitrogens is 3. The molecule has 0 saturated heterocycles. The minimum absolute atomic E-state index is 0.0154. The molecule has 6 heteroatoms. The highest BCUT2D eigenvalue weighted by atomic mass is 16.5. The fraction of sp³-hybridized carbons (Fsp3) is 0.333. The molecule has 6 nitrogen and oxygen atoms in total. The Balaban J connectivity index is 2.13. The Labute approximate surface area is 106 Å². The summed E-state index contributed by atoms with van der Waals surface area (Å²) in [6.07, 6.45) is 2.48. The van der Waals surface area contributed by atoms with E-state index in [4.69, 9.17) is 10.6 Å². The Hall–Kier alpha value is -1.92. The van der Waals surface area contributed by atoms with Gasteiger partial charge in [0.1, 0.15) is 5.75 Å².